The lowest BCUT2D eigenvalue weighted by Gasteiger charge is -2.52. The van der Waals surface area contributed by atoms with Crippen molar-refractivity contribution in [3.05, 3.63) is 59.2 Å². The molecule has 0 saturated heterocycles. The number of nitrogens with zero attached hydrogens (tertiary/aromatic N) is 4. The first kappa shape index (κ1) is 37.5. The molecule has 4 atom stereocenters. The van der Waals surface area contributed by atoms with Crippen LogP contribution in [-0.4, -0.2) is 95.5 Å². The zero-order valence-electron chi connectivity index (χ0n) is 28.8. The van der Waals surface area contributed by atoms with Gasteiger partial charge in [0.2, 0.25) is 0 Å². The summed E-state index contributed by atoms with van der Waals surface area (Å²) in [6.45, 7) is 8.57. The number of urea groups is 1. The average Bonchev–Trinajstić information content (AvgIpc) is 3.04. The van der Waals surface area contributed by atoms with E-state index in [2.05, 4.69) is 4.99 Å². The largest absolute Gasteiger partial charge is 0.462 e. The van der Waals surface area contributed by atoms with Crippen molar-refractivity contribution >= 4 is 53.0 Å². The maximum atomic E-state index is 14.5. The van der Waals surface area contributed by atoms with Crippen LogP contribution in [0.2, 0.25) is 0 Å². The highest BCUT2D eigenvalue weighted by Gasteiger charge is 2.62. The number of aryl methyl sites for hydroxylation is 2. The maximum Gasteiger partial charge on any atom is 0.352 e. The van der Waals surface area contributed by atoms with Gasteiger partial charge in [-0.25, -0.2) is 10.1 Å². The number of benzene rings is 2. The number of carbonyl (C=O) groups is 6. The number of amidine groups is 1. The van der Waals surface area contributed by atoms with Gasteiger partial charge < -0.3 is 28.7 Å². The van der Waals surface area contributed by atoms with Crippen molar-refractivity contribution in [1.29, 1.82) is 0 Å². The molecule has 2 aromatic rings. The van der Waals surface area contributed by atoms with E-state index in [4.69, 9.17) is 23.8 Å². The number of carbonyl (C=O) groups excluding carboxylic acids is 6. The minimum atomic E-state index is -2.42. The molecule has 16 heteroatoms. The lowest BCUT2D eigenvalue weighted by atomic mass is 9.94. The summed E-state index contributed by atoms with van der Waals surface area (Å²) in [4.78, 5) is 90.2. The van der Waals surface area contributed by atoms with Gasteiger partial charge in [0, 0.05) is 34.2 Å². The molecule has 0 fully saturated rings. The van der Waals surface area contributed by atoms with Gasteiger partial charge in [-0.15, -0.1) is 0 Å². The van der Waals surface area contributed by atoms with Crippen molar-refractivity contribution < 1.29 is 57.9 Å². The van der Waals surface area contributed by atoms with Crippen LogP contribution in [0.15, 0.2) is 47.5 Å². The van der Waals surface area contributed by atoms with Crippen LogP contribution >= 0.6 is 0 Å². The molecule has 0 spiro atoms. The standard InChI is InChI=1S/C34H40N4O12/c1-8-38-27-15-20(3)19(2)14-26(27)36(31-34(38,50-45)32(43)37(33(44)35-31)16-25-12-10-9-11-13-25)17-28(47-22(5)40)30(49-24(7)42)29(48-23(6)41)18-46-21(4)39/h9-15,28-30,45H,8,16-18H2,1-7H3/t28-,29+,30-,34?/m0/s1. The second kappa shape index (κ2) is 15.5. The van der Waals surface area contributed by atoms with Crippen LogP contribution in [0, 0.1) is 13.8 Å². The molecule has 1 unspecified atom stereocenters. The highest BCUT2D eigenvalue weighted by molar-refractivity contribution is 6.29. The minimum Gasteiger partial charge on any atom is -0.462 e. The first-order valence-electron chi connectivity index (χ1n) is 15.8. The monoisotopic (exact) mass is 696 g/mol. The SMILES string of the molecule is CCN1c2cc(C)c(C)cc2N(C[C@H](OC(C)=O)[C@H](OC(C)=O)[C@@H](COC(C)=O)OC(C)=O)C2=NC(=O)N(Cc3ccccc3)C(=O)C21OO. The Morgan fingerprint density at radius 3 is 1.94 bits per heavy atom. The summed E-state index contributed by atoms with van der Waals surface area (Å²) < 4.78 is 21.7. The Hall–Kier alpha value is -5.35. The first-order valence-corrected chi connectivity index (χ1v) is 15.8. The summed E-state index contributed by atoms with van der Waals surface area (Å²) in [6, 6.07) is 11.2. The quantitative estimate of drug-likeness (QED) is 0.139. The molecule has 2 aliphatic rings. The first-order chi connectivity index (χ1) is 23.6. The van der Waals surface area contributed by atoms with Crippen LogP contribution in [0.4, 0.5) is 16.2 Å². The van der Waals surface area contributed by atoms with E-state index in [1.54, 1.807) is 49.4 Å². The molecule has 1 N–H and O–H groups in total. The van der Waals surface area contributed by atoms with Crippen LogP contribution in [0.5, 0.6) is 0 Å². The molecule has 4 rings (SSSR count). The molecule has 0 aromatic heterocycles. The molecule has 2 aliphatic heterocycles. The number of hydrogen-bond acceptors (Lipinski definition) is 14. The van der Waals surface area contributed by atoms with E-state index < -0.39 is 73.0 Å². The molecular formula is C34H40N4O12. The van der Waals surface area contributed by atoms with Crippen LogP contribution in [-0.2, 0) is 54.4 Å². The van der Waals surface area contributed by atoms with E-state index in [9.17, 15) is 34.0 Å². The molecule has 0 radical (unpaired) electrons. The Morgan fingerprint density at radius 2 is 1.40 bits per heavy atom. The average molecular weight is 697 g/mol. The molecule has 268 valence electrons. The number of hydrogen-bond donors (Lipinski definition) is 1. The molecule has 3 amide bonds. The minimum absolute atomic E-state index is 0.0857. The van der Waals surface area contributed by atoms with Crippen molar-refractivity contribution in [3.8, 4) is 0 Å². The summed E-state index contributed by atoms with van der Waals surface area (Å²) in [5.41, 5.74) is 0.523. The third-order valence-electron chi connectivity index (χ3n) is 8.19. The van der Waals surface area contributed by atoms with E-state index in [1.807, 2.05) is 13.8 Å². The summed E-state index contributed by atoms with van der Waals surface area (Å²) in [5, 5.41) is 10.7. The number of amides is 3. The fraction of sp³-hybridized carbons (Fsp3) is 0.441. The molecule has 0 saturated carbocycles. The van der Waals surface area contributed by atoms with E-state index in [0.29, 0.717) is 16.9 Å². The molecule has 0 bridgehead atoms. The number of fused-ring (bicyclic) bond motifs is 2. The Kier molecular flexibility index (Phi) is 11.6. The Balaban J connectivity index is 1.95. The zero-order chi connectivity index (χ0) is 36.9. The fourth-order valence-electron chi connectivity index (χ4n) is 5.98. The topological polar surface area (TPSA) is 191 Å². The fourth-order valence-corrected chi connectivity index (χ4v) is 5.98. The van der Waals surface area contributed by atoms with Gasteiger partial charge in [0.05, 0.1) is 24.5 Å². The zero-order valence-corrected chi connectivity index (χ0v) is 28.8. The summed E-state index contributed by atoms with van der Waals surface area (Å²) in [7, 11) is 0. The van der Waals surface area contributed by atoms with Gasteiger partial charge in [-0.05, 0) is 49.6 Å². The molecule has 2 aromatic carbocycles. The number of rotatable bonds is 13. The van der Waals surface area contributed by atoms with E-state index in [0.717, 1.165) is 43.7 Å². The second-order valence-corrected chi connectivity index (χ2v) is 11.8. The summed E-state index contributed by atoms with van der Waals surface area (Å²) in [6.07, 6.45) is -4.59. The van der Waals surface area contributed by atoms with Crippen LogP contribution in [0.3, 0.4) is 0 Å². The number of aliphatic imine (C=N–C) groups is 1. The van der Waals surface area contributed by atoms with Crippen molar-refractivity contribution in [2.75, 3.05) is 29.5 Å². The van der Waals surface area contributed by atoms with E-state index in [-0.39, 0.29) is 18.9 Å². The third-order valence-corrected chi connectivity index (χ3v) is 8.19. The van der Waals surface area contributed by atoms with Gasteiger partial charge in [0.1, 0.15) is 6.61 Å². The van der Waals surface area contributed by atoms with Gasteiger partial charge in [-0.1, -0.05) is 30.3 Å². The molecule has 0 aliphatic carbocycles. The van der Waals surface area contributed by atoms with Gasteiger partial charge in [0.25, 0.3) is 5.91 Å². The molecular weight excluding hydrogens is 656 g/mol. The number of esters is 4. The highest BCUT2D eigenvalue weighted by Crippen LogP contribution is 2.45. The van der Waals surface area contributed by atoms with Gasteiger partial charge in [-0.2, -0.15) is 9.88 Å². The van der Waals surface area contributed by atoms with Crippen molar-refractivity contribution in [2.45, 2.75) is 79.0 Å². The number of imide groups is 1. The van der Waals surface area contributed by atoms with Crippen LogP contribution in [0.1, 0.15) is 51.3 Å². The van der Waals surface area contributed by atoms with Crippen molar-refractivity contribution in [1.82, 2.24) is 4.90 Å². The van der Waals surface area contributed by atoms with Crippen molar-refractivity contribution in [2.24, 2.45) is 4.99 Å². The van der Waals surface area contributed by atoms with Gasteiger partial charge in [-0.3, -0.25) is 28.9 Å². The Labute approximate surface area is 288 Å². The lowest BCUT2D eigenvalue weighted by Crippen LogP contribution is -2.74. The summed E-state index contributed by atoms with van der Waals surface area (Å²) >= 11 is 0. The number of ether oxygens (including phenoxy) is 4. The number of anilines is 2. The van der Waals surface area contributed by atoms with E-state index >= 15 is 0 Å². The number of likely N-dealkylation sites (N-methyl/N-ethyl adjacent to an activating group) is 1. The highest BCUT2D eigenvalue weighted by atomic mass is 17.1. The molecule has 50 heavy (non-hydrogen) atoms. The Bertz CT molecular complexity index is 1700. The third kappa shape index (κ3) is 7.60. The van der Waals surface area contributed by atoms with Gasteiger partial charge >= 0.3 is 35.6 Å². The lowest BCUT2D eigenvalue weighted by molar-refractivity contribution is -0.294. The molecule has 2 heterocycles. The van der Waals surface area contributed by atoms with E-state index in [1.165, 1.54) is 9.80 Å². The predicted octanol–water partition coefficient (Wildman–Crippen LogP) is 3.05. The predicted molar refractivity (Wildman–Crippen MR) is 176 cm³/mol. The summed E-state index contributed by atoms with van der Waals surface area (Å²) in [5.74, 6) is -4.60. The normalized spacial score (nSPS) is 18.6. The molecule has 16 nitrogen and oxygen atoms in total. The smallest absolute Gasteiger partial charge is 0.352 e. The maximum absolute atomic E-state index is 14.5. The van der Waals surface area contributed by atoms with Gasteiger partial charge in [0.15, 0.2) is 24.1 Å². The van der Waals surface area contributed by atoms with Crippen LogP contribution in [0.25, 0.3) is 0 Å². The van der Waals surface area contributed by atoms with Crippen LogP contribution < -0.4 is 9.80 Å². The van der Waals surface area contributed by atoms with Crippen molar-refractivity contribution in [3.63, 3.8) is 0 Å². The second-order valence-electron chi connectivity index (χ2n) is 11.8. The Morgan fingerprint density at radius 1 is 0.820 bits per heavy atom.